The van der Waals surface area contributed by atoms with Gasteiger partial charge in [-0.1, -0.05) is 43.2 Å². The molecule has 1 aliphatic rings. The van der Waals surface area contributed by atoms with E-state index in [0.717, 1.165) is 52.3 Å². The topological polar surface area (TPSA) is 68.9 Å². The van der Waals surface area contributed by atoms with Crippen molar-refractivity contribution < 1.29 is 4.79 Å². The molecule has 1 fully saturated rings. The van der Waals surface area contributed by atoms with Crippen LogP contribution < -0.4 is 10.9 Å². The molecule has 6 nitrogen and oxygen atoms in total. The number of carbonyl (C=O) groups excluding carboxylic acids is 1. The number of carbonyl (C=O) groups is 1. The van der Waals surface area contributed by atoms with Crippen molar-refractivity contribution in [2.24, 2.45) is 12.5 Å². The van der Waals surface area contributed by atoms with E-state index in [1.807, 2.05) is 62.5 Å². The van der Waals surface area contributed by atoms with Crippen LogP contribution in [-0.4, -0.2) is 20.3 Å². The van der Waals surface area contributed by atoms with E-state index < -0.39 is 5.41 Å². The quantitative estimate of drug-likeness (QED) is 0.477. The van der Waals surface area contributed by atoms with Gasteiger partial charge in [0.25, 0.3) is 5.56 Å². The van der Waals surface area contributed by atoms with Crippen molar-refractivity contribution in [3.05, 3.63) is 75.7 Å². The highest BCUT2D eigenvalue weighted by Gasteiger charge is 2.42. The summed E-state index contributed by atoms with van der Waals surface area (Å²) < 4.78 is 4.53. The lowest BCUT2D eigenvalue weighted by Gasteiger charge is -2.26. The second kappa shape index (κ2) is 8.06. The SMILES string of the molecule is Cc1c(NC(=O)C2(Cc3nc4ccccc4s3)CCCC2)c(=O)n(-c2ccccc2)n1C. The first kappa shape index (κ1) is 20.7. The van der Waals surface area contributed by atoms with Crippen LogP contribution in [0.2, 0.25) is 0 Å². The van der Waals surface area contributed by atoms with E-state index in [2.05, 4.69) is 11.4 Å². The van der Waals surface area contributed by atoms with E-state index in [1.165, 1.54) is 0 Å². The molecule has 0 radical (unpaired) electrons. The zero-order valence-electron chi connectivity index (χ0n) is 18.3. The summed E-state index contributed by atoms with van der Waals surface area (Å²) in [5.41, 5.74) is 2.11. The number of anilines is 1. The summed E-state index contributed by atoms with van der Waals surface area (Å²) in [4.78, 5) is 31.7. The first-order valence-corrected chi connectivity index (χ1v) is 11.8. The van der Waals surface area contributed by atoms with Crippen molar-refractivity contribution in [1.82, 2.24) is 14.3 Å². The minimum Gasteiger partial charge on any atom is -0.319 e. The summed E-state index contributed by atoms with van der Waals surface area (Å²) in [6.45, 7) is 1.87. The van der Waals surface area contributed by atoms with Crippen molar-refractivity contribution >= 4 is 33.1 Å². The number of hydrogen-bond acceptors (Lipinski definition) is 4. The molecule has 1 N–H and O–H groups in total. The van der Waals surface area contributed by atoms with E-state index in [1.54, 1.807) is 20.7 Å². The van der Waals surface area contributed by atoms with Gasteiger partial charge in [0.15, 0.2) is 0 Å². The molecule has 0 atom stereocenters. The Morgan fingerprint density at radius 1 is 1.09 bits per heavy atom. The Morgan fingerprint density at radius 3 is 2.50 bits per heavy atom. The molecule has 2 aromatic carbocycles. The van der Waals surface area contributed by atoms with Crippen molar-refractivity contribution in [2.45, 2.75) is 39.0 Å². The van der Waals surface area contributed by atoms with Crippen molar-refractivity contribution in [2.75, 3.05) is 5.32 Å². The molecular weight excluding hydrogens is 420 g/mol. The third kappa shape index (κ3) is 3.46. The molecule has 2 aromatic heterocycles. The van der Waals surface area contributed by atoms with Crippen LogP contribution in [0.1, 0.15) is 36.4 Å². The lowest BCUT2D eigenvalue weighted by Crippen LogP contribution is -2.37. The lowest BCUT2D eigenvalue weighted by atomic mass is 9.81. The second-order valence-corrected chi connectivity index (χ2v) is 9.75. The number of hydrogen-bond donors (Lipinski definition) is 1. The first-order valence-electron chi connectivity index (χ1n) is 11.0. The van der Waals surface area contributed by atoms with Gasteiger partial charge >= 0.3 is 0 Å². The molecule has 1 aliphatic carbocycles. The van der Waals surface area contributed by atoms with Crippen LogP contribution in [0, 0.1) is 12.3 Å². The molecular formula is C25H26N4O2S. The molecule has 0 unspecified atom stereocenters. The molecule has 0 bridgehead atoms. The summed E-state index contributed by atoms with van der Waals surface area (Å²) in [7, 11) is 1.84. The van der Waals surface area contributed by atoms with Crippen molar-refractivity contribution in [1.29, 1.82) is 0 Å². The Bertz CT molecular complexity index is 1310. The number of para-hydroxylation sites is 2. The summed E-state index contributed by atoms with van der Waals surface area (Å²) in [5.74, 6) is -0.0692. The summed E-state index contributed by atoms with van der Waals surface area (Å²) in [5, 5.41) is 4.01. The van der Waals surface area contributed by atoms with Crippen molar-refractivity contribution in [3.63, 3.8) is 0 Å². The lowest BCUT2D eigenvalue weighted by molar-refractivity contribution is -0.125. The highest BCUT2D eigenvalue weighted by molar-refractivity contribution is 7.18. The molecule has 5 rings (SSSR count). The van der Waals surface area contributed by atoms with Crippen LogP contribution in [0.5, 0.6) is 0 Å². The van der Waals surface area contributed by atoms with Crippen molar-refractivity contribution in [3.8, 4) is 5.69 Å². The average molecular weight is 447 g/mol. The molecule has 164 valence electrons. The van der Waals surface area contributed by atoms with E-state index in [-0.39, 0.29) is 11.5 Å². The number of thiazole rings is 1. The number of nitrogens with zero attached hydrogens (tertiary/aromatic N) is 3. The highest BCUT2D eigenvalue weighted by atomic mass is 32.1. The fourth-order valence-electron chi connectivity index (χ4n) is 4.78. The molecule has 0 aliphatic heterocycles. The molecule has 32 heavy (non-hydrogen) atoms. The van der Waals surface area contributed by atoms with Gasteiger partial charge in [0.2, 0.25) is 5.91 Å². The molecule has 0 saturated heterocycles. The number of nitrogens with one attached hydrogen (secondary N) is 1. The molecule has 0 spiro atoms. The summed E-state index contributed by atoms with van der Waals surface area (Å²) >= 11 is 1.66. The van der Waals surface area contributed by atoms with Crippen LogP contribution in [0.25, 0.3) is 15.9 Å². The molecule has 1 amide bonds. The van der Waals surface area contributed by atoms with Gasteiger partial charge in [-0.25, -0.2) is 9.67 Å². The van der Waals surface area contributed by atoms with Gasteiger partial charge in [0.05, 0.1) is 32.0 Å². The smallest absolute Gasteiger partial charge is 0.295 e. The maximum atomic E-state index is 13.6. The molecule has 7 heteroatoms. The zero-order chi connectivity index (χ0) is 22.3. The standard InChI is InChI=1S/C25H26N4O2S/c1-17-22(23(30)29(28(17)2)18-10-4-3-5-11-18)27-24(31)25(14-8-9-15-25)16-21-26-19-12-6-7-13-20(19)32-21/h3-7,10-13H,8-9,14-16H2,1-2H3,(H,27,31). The fraction of sp³-hybridized carbons (Fsp3) is 0.320. The zero-order valence-corrected chi connectivity index (χ0v) is 19.1. The Balaban J connectivity index is 1.47. The van der Waals surface area contributed by atoms with Crippen LogP contribution in [-0.2, 0) is 18.3 Å². The minimum absolute atomic E-state index is 0.0692. The fourth-order valence-corrected chi connectivity index (χ4v) is 5.89. The van der Waals surface area contributed by atoms with Crippen LogP contribution in [0.3, 0.4) is 0 Å². The number of amides is 1. The van der Waals surface area contributed by atoms with Gasteiger partial charge in [-0.05, 0) is 44.0 Å². The molecule has 2 heterocycles. The van der Waals surface area contributed by atoms with Crippen LogP contribution in [0.15, 0.2) is 59.4 Å². The monoisotopic (exact) mass is 446 g/mol. The number of fused-ring (bicyclic) bond motifs is 1. The molecule has 1 saturated carbocycles. The van der Waals surface area contributed by atoms with E-state index >= 15 is 0 Å². The van der Waals surface area contributed by atoms with Gasteiger partial charge in [0.1, 0.15) is 5.69 Å². The minimum atomic E-state index is -0.528. The third-order valence-electron chi connectivity index (χ3n) is 6.66. The maximum absolute atomic E-state index is 13.6. The largest absolute Gasteiger partial charge is 0.319 e. The van der Waals surface area contributed by atoms with Gasteiger partial charge < -0.3 is 5.32 Å². The Morgan fingerprint density at radius 2 is 1.78 bits per heavy atom. The molecule has 4 aromatic rings. The van der Waals surface area contributed by atoms with Gasteiger partial charge in [-0.2, -0.15) is 0 Å². The number of aromatic nitrogens is 3. The maximum Gasteiger partial charge on any atom is 0.295 e. The predicted octanol–water partition coefficient (Wildman–Crippen LogP) is 4.84. The third-order valence-corrected chi connectivity index (χ3v) is 7.70. The van der Waals surface area contributed by atoms with E-state index in [4.69, 9.17) is 4.98 Å². The first-order chi connectivity index (χ1) is 15.5. The summed E-state index contributed by atoms with van der Waals surface area (Å²) in [6.07, 6.45) is 4.26. The Labute approximate surface area is 190 Å². The Hall–Kier alpha value is -3.19. The van der Waals surface area contributed by atoms with Gasteiger partial charge in [-0.3, -0.25) is 14.3 Å². The highest BCUT2D eigenvalue weighted by Crippen LogP contribution is 2.43. The van der Waals surface area contributed by atoms with Crippen LogP contribution >= 0.6 is 11.3 Å². The summed E-state index contributed by atoms with van der Waals surface area (Å²) in [6, 6.07) is 17.6. The Kier molecular flexibility index (Phi) is 5.21. The second-order valence-electron chi connectivity index (χ2n) is 8.63. The number of rotatable bonds is 5. The van der Waals surface area contributed by atoms with Crippen LogP contribution in [0.4, 0.5) is 5.69 Å². The predicted molar refractivity (Wildman–Crippen MR) is 129 cm³/mol. The normalized spacial score (nSPS) is 15.3. The van der Waals surface area contributed by atoms with Gasteiger partial charge in [0, 0.05) is 13.5 Å². The van der Waals surface area contributed by atoms with Gasteiger partial charge in [-0.15, -0.1) is 11.3 Å². The average Bonchev–Trinajstić information content (AvgIpc) is 3.49. The van der Waals surface area contributed by atoms with E-state index in [9.17, 15) is 9.59 Å². The number of benzene rings is 2. The van der Waals surface area contributed by atoms with E-state index in [0.29, 0.717) is 12.1 Å².